The summed E-state index contributed by atoms with van der Waals surface area (Å²) >= 11 is 5.90. The van der Waals surface area contributed by atoms with Gasteiger partial charge in [-0.15, -0.1) is 0 Å². The Morgan fingerprint density at radius 1 is 1.33 bits per heavy atom. The van der Waals surface area contributed by atoms with Crippen molar-refractivity contribution in [3.63, 3.8) is 0 Å². The molecule has 2 rings (SSSR count). The maximum Gasteiger partial charge on any atom is 0.156 e. The fourth-order valence-electron chi connectivity index (χ4n) is 1.57. The van der Waals surface area contributed by atoms with Crippen LogP contribution in [-0.4, -0.2) is 19.9 Å². The lowest BCUT2D eigenvalue weighted by molar-refractivity contribution is 1.12. The molecule has 0 bridgehead atoms. The predicted molar refractivity (Wildman–Crippen MR) is 72.9 cm³/mol. The molecule has 2 aromatic heterocycles. The van der Waals surface area contributed by atoms with E-state index in [-0.39, 0.29) is 0 Å². The highest BCUT2D eigenvalue weighted by Crippen LogP contribution is 2.20. The highest BCUT2D eigenvalue weighted by atomic mass is 35.5. The van der Waals surface area contributed by atoms with Gasteiger partial charge in [-0.3, -0.25) is 0 Å². The van der Waals surface area contributed by atoms with Crippen LogP contribution in [0.5, 0.6) is 0 Å². The van der Waals surface area contributed by atoms with E-state index in [0.29, 0.717) is 5.03 Å². The van der Waals surface area contributed by atoms with Gasteiger partial charge >= 0.3 is 0 Å². The Bertz CT molecular complexity index is 581. The molecule has 0 atom stereocenters. The normalized spacial score (nSPS) is 12.8. The lowest BCUT2D eigenvalue weighted by atomic mass is 10.1. The number of imidazole rings is 1. The molecule has 0 saturated carbocycles. The summed E-state index contributed by atoms with van der Waals surface area (Å²) < 4.78 is 0. The molecule has 2 aromatic rings. The zero-order valence-corrected chi connectivity index (χ0v) is 10.9. The molecule has 18 heavy (non-hydrogen) atoms. The molecule has 5 heteroatoms. The molecule has 0 aliphatic heterocycles. The quantitative estimate of drug-likeness (QED) is 0.861. The van der Waals surface area contributed by atoms with Crippen LogP contribution in [0.2, 0.25) is 0 Å². The Labute approximate surface area is 110 Å². The molecule has 0 aromatic carbocycles. The number of allylic oxidation sites excluding steroid dienone is 4. The van der Waals surface area contributed by atoms with Gasteiger partial charge in [-0.25, -0.2) is 15.0 Å². The minimum atomic E-state index is 0.710. The van der Waals surface area contributed by atoms with E-state index in [1.165, 1.54) is 6.33 Å². The number of aromatic amines is 1. The van der Waals surface area contributed by atoms with Gasteiger partial charge in [0.1, 0.15) is 12.0 Å². The van der Waals surface area contributed by atoms with Gasteiger partial charge in [0.05, 0.1) is 5.69 Å². The van der Waals surface area contributed by atoms with Crippen LogP contribution in [0, 0.1) is 0 Å². The van der Waals surface area contributed by atoms with E-state index in [1.54, 1.807) is 12.4 Å². The third-order valence-corrected chi connectivity index (χ3v) is 2.48. The topological polar surface area (TPSA) is 54.5 Å². The van der Waals surface area contributed by atoms with Crippen LogP contribution >= 0.6 is 11.6 Å². The molecule has 0 saturated heterocycles. The molecule has 0 amide bonds. The zero-order valence-electron chi connectivity index (χ0n) is 10.2. The molecule has 0 unspecified atom stereocenters. The molecule has 0 radical (unpaired) electrons. The van der Waals surface area contributed by atoms with Gasteiger partial charge in [0.2, 0.25) is 0 Å². The Hall–Kier alpha value is -1.94. The van der Waals surface area contributed by atoms with Gasteiger partial charge in [0.25, 0.3) is 0 Å². The van der Waals surface area contributed by atoms with E-state index in [0.717, 1.165) is 22.8 Å². The van der Waals surface area contributed by atoms with Crippen molar-refractivity contribution in [1.82, 2.24) is 19.9 Å². The molecular formula is C13H13ClN4. The standard InChI is InChI=1S/C13H13ClN4/c1-3-10(6-9(2)14)11-7-12(18-8-17-11)13-15-4-5-16-13/h3-8H,1-2H3,(H,15,16)/b9-6+,10-3+. The van der Waals surface area contributed by atoms with E-state index >= 15 is 0 Å². The fraction of sp³-hybridized carbons (Fsp3) is 0.154. The smallest absolute Gasteiger partial charge is 0.156 e. The minimum Gasteiger partial charge on any atom is -0.343 e. The second kappa shape index (κ2) is 5.60. The molecule has 92 valence electrons. The van der Waals surface area contributed by atoms with E-state index in [4.69, 9.17) is 11.6 Å². The lowest BCUT2D eigenvalue weighted by Crippen LogP contribution is -1.93. The van der Waals surface area contributed by atoms with Gasteiger partial charge in [-0.1, -0.05) is 17.7 Å². The molecule has 0 aliphatic carbocycles. The van der Waals surface area contributed by atoms with Crippen LogP contribution in [0.1, 0.15) is 19.5 Å². The van der Waals surface area contributed by atoms with Crippen molar-refractivity contribution in [1.29, 1.82) is 0 Å². The summed E-state index contributed by atoms with van der Waals surface area (Å²) in [6.45, 7) is 3.78. The Kier molecular flexibility index (Phi) is 3.89. The number of hydrogen-bond donors (Lipinski definition) is 1. The molecule has 0 aliphatic rings. The monoisotopic (exact) mass is 260 g/mol. The summed E-state index contributed by atoms with van der Waals surface area (Å²) in [6.07, 6.45) is 8.80. The second-order valence-electron chi connectivity index (χ2n) is 3.70. The largest absolute Gasteiger partial charge is 0.343 e. The van der Waals surface area contributed by atoms with Crippen LogP contribution in [0.15, 0.2) is 42.0 Å². The van der Waals surface area contributed by atoms with Crippen LogP contribution in [0.3, 0.4) is 0 Å². The summed E-state index contributed by atoms with van der Waals surface area (Å²) in [5.41, 5.74) is 2.53. The first-order valence-corrected chi connectivity index (χ1v) is 5.91. The summed E-state index contributed by atoms with van der Waals surface area (Å²) in [5.74, 6) is 0.723. The summed E-state index contributed by atoms with van der Waals surface area (Å²) in [6, 6.07) is 1.88. The first-order chi connectivity index (χ1) is 8.70. The first-order valence-electron chi connectivity index (χ1n) is 5.53. The molecule has 0 spiro atoms. The third kappa shape index (κ3) is 2.84. The van der Waals surface area contributed by atoms with Crippen molar-refractivity contribution >= 4 is 17.2 Å². The van der Waals surface area contributed by atoms with Gasteiger partial charge in [0, 0.05) is 17.4 Å². The third-order valence-electron chi connectivity index (χ3n) is 2.37. The van der Waals surface area contributed by atoms with Crippen LogP contribution < -0.4 is 0 Å². The number of nitrogens with one attached hydrogen (secondary N) is 1. The van der Waals surface area contributed by atoms with Crippen LogP contribution in [0.25, 0.3) is 17.1 Å². The zero-order chi connectivity index (χ0) is 13.0. The van der Waals surface area contributed by atoms with E-state index < -0.39 is 0 Å². The van der Waals surface area contributed by atoms with Crippen molar-refractivity contribution in [3.05, 3.63) is 47.7 Å². The Balaban J connectivity index is 2.41. The molecule has 1 N–H and O–H groups in total. The average Bonchev–Trinajstić information content (AvgIpc) is 2.89. The lowest BCUT2D eigenvalue weighted by Gasteiger charge is -2.03. The van der Waals surface area contributed by atoms with Crippen LogP contribution in [-0.2, 0) is 0 Å². The number of halogens is 1. The van der Waals surface area contributed by atoms with Crippen molar-refractivity contribution in [2.45, 2.75) is 13.8 Å². The summed E-state index contributed by atoms with van der Waals surface area (Å²) in [5, 5.41) is 0.710. The van der Waals surface area contributed by atoms with Crippen molar-refractivity contribution in [2.24, 2.45) is 0 Å². The number of rotatable bonds is 3. The number of hydrogen-bond acceptors (Lipinski definition) is 3. The van der Waals surface area contributed by atoms with E-state index in [1.807, 2.05) is 32.1 Å². The molecule has 4 nitrogen and oxygen atoms in total. The highest BCUT2D eigenvalue weighted by molar-refractivity contribution is 6.29. The first kappa shape index (κ1) is 12.5. The number of nitrogens with zero attached hydrogens (tertiary/aromatic N) is 3. The minimum absolute atomic E-state index is 0.710. The van der Waals surface area contributed by atoms with E-state index in [9.17, 15) is 0 Å². The van der Waals surface area contributed by atoms with Gasteiger partial charge in [0.15, 0.2) is 5.82 Å². The maximum atomic E-state index is 5.90. The highest BCUT2D eigenvalue weighted by Gasteiger charge is 2.06. The molecule has 2 heterocycles. The maximum absolute atomic E-state index is 5.90. The summed E-state index contributed by atoms with van der Waals surface area (Å²) in [7, 11) is 0. The number of H-pyrrole nitrogens is 1. The fourth-order valence-corrected chi connectivity index (χ4v) is 1.69. The molecule has 0 fully saturated rings. The second-order valence-corrected chi connectivity index (χ2v) is 4.30. The Morgan fingerprint density at radius 3 is 2.78 bits per heavy atom. The molecular weight excluding hydrogens is 248 g/mol. The predicted octanol–water partition coefficient (Wildman–Crippen LogP) is 3.41. The van der Waals surface area contributed by atoms with Gasteiger partial charge < -0.3 is 4.98 Å². The average molecular weight is 261 g/mol. The van der Waals surface area contributed by atoms with Gasteiger partial charge in [-0.2, -0.15) is 0 Å². The van der Waals surface area contributed by atoms with Crippen LogP contribution in [0.4, 0.5) is 0 Å². The van der Waals surface area contributed by atoms with E-state index in [2.05, 4.69) is 19.9 Å². The Morgan fingerprint density at radius 2 is 2.17 bits per heavy atom. The SMILES string of the molecule is C/C=C(\C=C(/C)Cl)c1cc(-c2ncc[nH]2)ncn1. The van der Waals surface area contributed by atoms with Crippen molar-refractivity contribution < 1.29 is 0 Å². The van der Waals surface area contributed by atoms with Gasteiger partial charge in [-0.05, 0) is 31.6 Å². The number of aromatic nitrogens is 4. The van der Waals surface area contributed by atoms with Crippen molar-refractivity contribution in [3.8, 4) is 11.5 Å². The summed E-state index contributed by atoms with van der Waals surface area (Å²) in [4.78, 5) is 15.6. The van der Waals surface area contributed by atoms with Crippen molar-refractivity contribution in [2.75, 3.05) is 0 Å².